The molecule has 4 aliphatic rings. The quantitative estimate of drug-likeness (QED) is 0.183. The molecular formula is C40H70N8O9S2. The van der Waals surface area contributed by atoms with Crippen LogP contribution < -0.4 is 10.6 Å². The van der Waals surface area contributed by atoms with E-state index in [2.05, 4.69) is 14.9 Å². The number of nitrogens with one attached hydrogen (secondary N) is 2. The highest BCUT2D eigenvalue weighted by Gasteiger charge is 2.48. The van der Waals surface area contributed by atoms with Gasteiger partial charge in [-0.3, -0.25) is 29.0 Å². The van der Waals surface area contributed by atoms with Crippen molar-refractivity contribution >= 4 is 58.7 Å². The van der Waals surface area contributed by atoms with Crippen LogP contribution in [-0.2, 0) is 39.6 Å². The lowest BCUT2D eigenvalue weighted by Gasteiger charge is -2.32. The summed E-state index contributed by atoms with van der Waals surface area (Å²) < 4.78 is 27.6. The molecule has 5 unspecified atom stereocenters. The van der Waals surface area contributed by atoms with E-state index in [1.54, 1.807) is 78.5 Å². The number of amides is 6. The van der Waals surface area contributed by atoms with E-state index in [4.69, 9.17) is 9.47 Å². The van der Waals surface area contributed by atoms with Crippen LogP contribution in [0.25, 0.3) is 0 Å². The summed E-state index contributed by atoms with van der Waals surface area (Å²) in [6, 6.07) is -3.58. The van der Waals surface area contributed by atoms with Crippen molar-refractivity contribution < 1.29 is 42.4 Å². The number of unbranched alkanes of at least 4 members (excludes halogenated alkanes) is 1. The minimum Gasteiger partial charge on any atom is -0.444 e. The molecule has 4 rings (SSSR count). The number of likely N-dealkylation sites (tertiary alicyclic amines) is 2. The number of hydrogen-bond donors (Lipinski definition) is 2. The molecule has 0 aromatic rings. The van der Waals surface area contributed by atoms with E-state index in [1.807, 2.05) is 15.5 Å². The Balaban J connectivity index is 1.50. The predicted octanol–water partition coefficient (Wildman–Crippen LogP) is 2.95. The van der Waals surface area contributed by atoms with E-state index in [0.717, 1.165) is 19.4 Å². The Hall–Kier alpha value is -3.16. The molecule has 19 heteroatoms. The minimum absolute atomic E-state index is 0.0291. The number of carbonyl (C=O) groups excluding carboxylic acids is 6. The Morgan fingerprint density at radius 1 is 0.678 bits per heavy atom. The average molecular weight is 871 g/mol. The van der Waals surface area contributed by atoms with Gasteiger partial charge in [-0.25, -0.2) is 22.4 Å². The summed E-state index contributed by atoms with van der Waals surface area (Å²) in [5, 5.41) is 5.88. The largest absolute Gasteiger partial charge is 0.444 e. The normalized spacial score (nSPS) is 24.7. The maximum atomic E-state index is 14.4. The number of nitrogens with zero attached hydrogens (tertiary/aromatic N) is 6. The molecule has 0 saturated carbocycles. The zero-order valence-corrected chi connectivity index (χ0v) is 38.9. The first-order valence-electron chi connectivity index (χ1n) is 21.0. The fourth-order valence-electron chi connectivity index (χ4n) is 8.52. The first kappa shape index (κ1) is 48.5. The number of hydrogen-bond acceptors (Lipinski definition) is 11. The molecule has 4 saturated heterocycles. The number of ether oxygens (including phenoxy) is 2. The van der Waals surface area contributed by atoms with Crippen molar-refractivity contribution in [2.45, 2.75) is 166 Å². The Morgan fingerprint density at radius 3 is 1.47 bits per heavy atom. The summed E-state index contributed by atoms with van der Waals surface area (Å²) in [5.74, 6) is -1.43. The SMILES string of the molecule is CSN1CCC2C1CCN2C(=O)C(CCCCC(NC(=O)[C@H](C)N(C)C(=O)OC(C)(C)C)C(=O)N1CC[C@@H]2[C@H]1CCN2S(C)=O)NC(=O)[C@H](C)N(C)C(=O)OC(C)(C)C. The second-order valence-electron chi connectivity index (χ2n) is 18.3. The van der Waals surface area contributed by atoms with Gasteiger partial charge < -0.3 is 29.9 Å². The third kappa shape index (κ3) is 12.2. The number of rotatable bonds is 15. The predicted molar refractivity (Wildman–Crippen MR) is 227 cm³/mol. The Morgan fingerprint density at radius 2 is 1.07 bits per heavy atom. The van der Waals surface area contributed by atoms with Crippen LogP contribution in [0.2, 0.25) is 0 Å². The third-order valence-corrected chi connectivity index (χ3v) is 14.0. The molecule has 4 fully saturated rings. The zero-order chi connectivity index (χ0) is 44.1. The van der Waals surface area contributed by atoms with Gasteiger partial charge in [0.25, 0.3) is 0 Å². The summed E-state index contributed by atoms with van der Waals surface area (Å²) >= 11 is 1.68. The molecule has 0 spiro atoms. The molecule has 0 aliphatic carbocycles. The van der Waals surface area contributed by atoms with Gasteiger partial charge in [-0.15, -0.1) is 0 Å². The molecule has 0 bridgehead atoms. The van der Waals surface area contributed by atoms with Crippen LogP contribution in [0.15, 0.2) is 0 Å². The van der Waals surface area contributed by atoms with Crippen LogP contribution >= 0.6 is 11.9 Å². The van der Waals surface area contributed by atoms with Crippen molar-refractivity contribution in [3.8, 4) is 0 Å². The lowest BCUT2D eigenvalue weighted by molar-refractivity contribution is -0.138. The van der Waals surface area contributed by atoms with Gasteiger partial charge >= 0.3 is 12.2 Å². The molecular weight excluding hydrogens is 801 g/mol. The highest BCUT2D eigenvalue weighted by Crippen LogP contribution is 2.36. The summed E-state index contributed by atoms with van der Waals surface area (Å²) in [6.45, 7) is 16.1. The standard InChI is InChI=1S/C40H70N8O9S2/c1-25(43(9)37(53)56-39(3,4)5)33(49)41-27(35(51)45-21-17-31-29(45)19-23-47(31)58-11)15-13-14-16-28(42-34(50)26(2)44(10)38(54)57-40(6,7)8)36(52)46-22-18-32-30(46)20-24-48(32)59(12)55/h25-32H,13-24H2,1-12H3,(H,41,49)(H,42,50)/t25-,26-,27?,28?,29?,30+,31?,32+,59?/m0/s1. The van der Waals surface area contributed by atoms with Crippen molar-refractivity contribution in [1.29, 1.82) is 0 Å². The van der Waals surface area contributed by atoms with Crippen LogP contribution in [0.1, 0.15) is 107 Å². The van der Waals surface area contributed by atoms with Gasteiger partial charge in [-0.1, -0.05) is 24.8 Å². The Labute approximate surface area is 358 Å². The highest BCUT2D eigenvalue weighted by atomic mass is 32.2. The van der Waals surface area contributed by atoms with Gasteiger partial charge in [0, 0.05) is 70.7 Å². The number of carbonyl (C=O) groups is 6. The van der Waals surface area contributed by atoms with E-state index in [0.29, 0.717) is 45.3 Å². The summed E-state index contributed by atoms with van der Waals surface area (Å²) in [4.78, 5) is 87.9. The second kappa shape index (κ2) is 20.1. The molecule has 0 radical (unpaired) electrons. The Bertz CT molecular complexity index is 1570. The van der Waals surface area contributed by atoms with Crippen LogP contribution in [0.5, 0.6) is 0 Å². The van der Waals surface area contributed by atoms with Crippen molar-refractivity contribution in [3.05, 3.63) is 0 Å². The average Bonchev–Trinajstić information content (AvgIpc) is 3.94. The molecule has 17 nitrogen and oxygen atoms in total. The molecule has 0 aromatic heterocycles. The summed E-state index contributed by atoms with van der Waals surface area (Å²) in [7, 11) is 1.79. The number of likely N-dealkylation sites (N-methyl/N-ethyl adjacent to an activating group) is 2. The number of fused-ring (bicyclic) bond motifs is 2. The summed E-state index contributed by atoms with van der Waals surface area (Å²) in [6.07, 6.45) is 6.76. The van der Waals surface area contributed by atoms with Crippen molar-refractivity contribution in [2.75, 3.05) is 52.8 Å². The van der Waals surface area contributed by atoms with Crippen LogP contribution in [0.3, 0.4) is 0 Å². The van der Waals surface area contributed by atoms with Crippen LogP contribution in [0.4, 0.5) is 9.59 Å². The van der Waals surface area contributed by atoms with E-state index in [-0.39, 0.29) is 48.8 Å². The third-order valence-electron chi connectivity index (χ3n) is 11.9. The molecule has 6 amide bonds. The van der Waals surface area contributed by atoms with Gasteiger partial charge in [-0.05, 0) is 100 Å². The fourth-order valence-corrected chi connectivity index (χ4v) is 10.3. The zero-order valence-electron chi connectivity index (χ0n) is 37.3. The van der Waals surface area contributed by atoms with E-state index in [9.17, 15) is 33.0 Å². The van der Waals surface area contributed by atoms with Crippen molar-refractivity contribution in [2.24, 2.45) is 0 Å². The highest BCUT2D eigenvalue weighted by molar-refractivity contribution is 7.96. The Kier molecular flexibility index (Phi) is 16.6. The lowest BCUT2D eigenvalue weighted by Crippen LogP contribution is -2.55. The molecule has 4 heterocycles. The molecule has 2 N–H and O–H groups in total. The van der Waals surface area contributed by atoms with Crippen molar-refractivity contribution in [1.82, 2.24) is 38.8 Å². The topological polar surface area (TPSA) is 181 Å². The van der Waals surface area contributed by atoms with Gasteiger partial charge in [0.1, 0.15) is 35.4 Å². The lowest BCUT2D eigenvalue weighted by atomic mass is 10.0. The molecule has 9 atom stereocenters. The van der Waals surface area contributed by atoms with Crippen LogP contribution in [0, 0.1) is 0 Å². The summed E-state index contributed by atoms with van der Waals surface area (Å²) in [5.41, 5.74) is -1.52. The maximum absolute atomic E-state index is 14.4. The maximum Gasteiger partial charge on any atom is 0.410 e. The monoisotopic (exact) mass is 870 g/mol. The van der Waals surface area contributed by atoms with Gasteiger partial charge in [0.15, 0.2) is 0 Å². The fraction of sp³-hybridized carbons (Fsp3) is 0.850. The van der Waals surface area contributed by atoms with E-state index < -0.39 is 70.4 Å². The smallest absolute Gasteiger partial charge is 0.410 e. The molecule has 0 aromatic carbocycles. The van der Waals surface area contributed by atoms with Crippen molar-refractivity contribution in [3.63, 3.8) is 0 Å². The first-order chi connectivity index (χ1) is 27.4. The van der Waals surface area contributed by atoms with Crippen LogP contribution in [-0.4, -0.2) is 181 Å². The van der Waals surface area contributed by atoms with Gasteiger partial charge in [-0.2, -0.15) is 0 Å². The second-order valence-corrected chi connectivity index (χ2v) is 20.5. The van der Waals surface area contributed by atoms with Gasteiger partial charge in [0.05, 0.1) is 11.0 Å². The first-order valence-corrected chi connectivity index (χ1v) is 23.7. The minimum atomic E-state index is -1.17. The molecule has 4 aliphatic heterocycles. The molecule has 336 valence electrons. The molecule has 59 heavy (non-hydrogen) atoms. The van der Waals surface area contributed by atoms with E-state index in [1.165, 1.54) is 23.9 Å². The van der Waals surface area contributed by atoms with Gasteiger partial charge in [0.2, 0.25) is 23.6 Å². The van der Waals surface area contributed by atoms with E-state index >= 15 is 0 Å².